The molecule has 0 saturated carbocycles. The van der Waals surface area contributed by atoms with Crippen LogP contribution in [0.4, 0.5) is 5.69 Å². The Bertz CT molecular complexity index is 1480. The maximum absolute atomic E-state index is 13.6. The Balaban J connectivity index is 1.58. The monoisotopic (exact) mass is 550 g/mol. The van der Waals surface area contributed by atoms with Crippen LogP contribution in [0.25, 0.3) is 0 Å². The standard InChI is InChI=1S/C30H34N2O4S2/c1-4-9-26-22-31(37(33,34)29-17-13-24(2)14-18-29)23-27(26)10-8-21-32(28-11-6-5-7-12-28)38(35,36)30-19-15-25(3)16-20-30/h4-8,10-20,26-27H,1,9,21-23H2,2-3H3/b10-8+/t26-,27-/m1/s1. The van der Waals surface area contributed by atoms with Gasteiger partial charge in [0.05, 0.1) is 22.0 Å². The first-order valence-electron chi connectivity index (χ1n) is 12.6. The molecule has 3 aromatic rings. The Hall–Kier alpha value is -3.20. The second-order valence-electron chi connectivity index (χ2n) is 9.70. The SMILES string of the molecule is C=CC[C@@H]1CN(S(=O)(=O)c2ccc(C)cc2)C[C@H]1/C=C/CN(c1ccccc1)S(=O)(=O)c1ccc(C)cc1. The number of hydrogen-bond donors (Lipinski definition) is 0. The first-order valence-corrected chi connectivity index (χ1v) is 15.5. The minimum atomic E-state index is -3.80. The zero-order valence-corrected chi connectivity index (χ0v) is 23.4. The maximum atomic E-state index is 13.6. The van der Waals surface area contributed by atoms with Crippen LogP contribution < -0.4 is 4.31 Å². The number of nitrogens with zero attached hydrogens (tertiary/aromatic N) is 2. The van der Waals surface area contributed by atoms with Crippen molar-refractivity contribution in [1.29, 1.82) is 0 Å². The molecule has 2 atom stereocenters. The molecule has 0 bridgehead atoms. The molecule has 4 rings (SSSR count). The van der Waals surface area contributed by atoms with Gasteiger partial charge in [0.1, 0.15) is 0 Å². The summed E-state index contributed by atoms with van der Waals surface area (Å²) in [7, 11) is -7.43. The van der Waals surface area contributed by atoms with Crippen molar-refractivity contribution in [3.8, 4) is 0 Å². The van der Waals surface area contributed by atoms with Crippen molar-refractivity contribution in [1.82, 2.24) is 4.31 Å². The zero-order chi connectivity index (χ0) is 27.3. The van der Waals surface area contributed by atoms with Crippen LogP contribution in [0.1, 0.15) is 17.5 Å². The van der Waals surface area contributed by atoms with Gasteiger partial charge in [-0.25, -0.2) is 16.8 Å². The molecule has 8 heteroatoms. The van der Waals surface area contributed by atoms with E-state index in [1.165, 1.54) is 8.61 Å². The highest BCUT2D eigenvalue weighted by Crippen LogP contribution is 2.32. The second-order valence-corrected chi connectivity index (χ2v) is 13.5. The number of sulfonamides is 2. The quantitative estimate of drug-likeness (QED) is 0.310. The second kappa shape index (κ2) is 11.7. The van der Waals surface area contributed by atoms with Gasteiger partial charge in [0, 0.05) is 13.1 Å². The molecule has 3 aromatic carbocycles. The smallest absolute Gasteiger partial charge is 0.263 e. The summed E-state index contributed by atoms with van der Waals surface area (Å²) in [6.45, 7) is 8.54. The molecular weight excluding hydrogens is 516 g/mol. The van der Waals surface area contributed by atoms with E-state index in [1.807, 2.05) is 50.3 Å². The number of para-hydroxylation sites is 1. The van der Waals surface area contributed by atoms with E-state index in [0.29, 0.717) is 25.2 Å². The van der Waals surface area contributed by atoms with Gasteiger partial charge in [0.15, 0.2) is 0 Å². The lowest BCUT2D eigenvalue weighted by atomic mass is 9.92. The van der Waals surface area contributed by atoms with Crippen LogP contribution in [0, 0.1) is 25.7 Å². The molecule has 0 amide bonds. The molecular formula is C30H34N2O4S2. The minimum absolute atomic E-state index is 0.0582. The summed E-state index contributed by atoms with van der Waals surface area (Å²) in [4.78, 5) is 0.505. The van der Waals surface area contributed by atoms with Gasteiger partial charge in [0.25, 0.3) is 10.0 Å². The Kier molecular flexibility index (Phi) is 8.55. The van der Waals surface area contributed by atoms with Gasteiger partial charge in [-0.2, -0.15) is 4.31 Å². The maximum Gasteiger partial charge on any atom is 0.264 e. The number of hydrogen-bond acceptors (Lipinski definition) is 4. The molecule has 1 heterocycles. The predicted molar refractivity (Wildman–Crippen MR) is 153 cm³/mol. The average molecular weight is 551 g/mol. The molecule has 6 nitrogen and oxygen atoms in total. The molecule has 0 radical (unpaired) electrons. The summed E-state index contributed by atoms with van der Waals surface area (Å²) in [5, 5.41) is 0. The van der Waals surface area contributed by atoms with E-state index < -0.39 is 20.0 Å². The molecule has 1 aliphatic heterocycles. The largest absolute Gasteiger partial charge is 0.264 e. The summed E-state index contributed by atoms with van der Waals surface area (Å²) in [6.07, 6.45) is 6.27. The first-order chi connectivity index (χ1) is 18.1. The number of benzene rings is 3. The summed E-state index contributed by atoms with van der Waals surface area (Å²) < 4.78 is 56.7. The highest BCUT2D eigenvalue weighted by molar-refractivity contribution is 7.92. The van der Waals surface area contributed by atoms with Crippen LogP contribution in [-0.2, 0) is 20.0 Å². The van der Waals surface area contributed by atoms with Crippen LogP contribution in [0.3, 0.4) is 0 Å². The average Bonchev–Trinajstić information content (AvgIpc) is 3.31. The van der Waals surface area contributed by atoms with Gasteiger partial charge in [-0.3, -0.25) is 4.31 Å². The highest BCUT2D eigenvalue weighted by Gasteiger charge is 2.37. The summed E-state index contributed by atoms with van der Waals surface area (Å²) in [5.74, 6) is -0.00391. The molecule has 0 spiro atoms. The van der Waals surface area contributed by atoms with Crippen LogP contribution in [-0.4, -0.2) is 40.8 Å². The topological polar surface area (TPSA) is 74.8 Å². The zero-order valence-electron chi connectivity index (χ0n) is 21.8. The van der Waals surface area contributed by atoms with Crippen molar-refractivity contribution in [3.63, 3.8) is 0 Å². The Labute approximate surface area is 227 Å². The van der Waals surface area contributed by atoms with Crippen LogP contribution in [0.5, 0.6) is 0 Å². The number of aryl methyl sites for hydroxylation is 2. The van der Waals surface area contributed by atoms with Crippen LogP contribution in [0.15, 0.2) is 113 Å². The van der Waals surface area contributed by atoms with E-state index in [-0.39, 0.29) is 28.2 Å². The van der Waals surface area contributed by atoms with E-state index in [9.17, 15) is 16.8 Å². The van der Waals surface area contributed by atoms with Gasteiger partial charge in [-0.05, 0) is 68.5 Å². The predicted octanol–water partition coefficient (Wildman–Crippen LogP) is 5.57. The Morgan fingerprint density at radius 3 is 2.00 bits per heavy atom. The van der Waals surface area contributed by atoms with E-state index in [4.69, 9.17) is 0 Å². The van der Waals surface area contributed by atoms with Gasteiger partial charge < -0.3 is 0 Å². The molecule has 0 N–H and O–H groups in total. The molecule has 0 aliphatic carbocycles. The Morgan fingerprint density at radius 2 is 1.42 bits per heavy atom. The van der Waals surface area contributed by atoms with Gasteiger partial charge in [-0.1, -0.05) is 71.8 Å². The number of allylic oxidation sites excluding steroid dienone is 1. The molecule has 0 aromatic heterocycles. The molecule has 1 saturated heterocycles. The van der Waals surface area contributed by atoms with Crippen molar-refractivity contribution in [3.05, 3.63) is 115 Å². The van der Waals surface area contributed by atoms with Crippen LogP contribution >= 0.6 is 0 Å². The van der Waals surface area contributed by atoms with Gasteiger partial charge >= 0.3 is 0 Å². The molecule has 1 fully saturated rings. The van der Waals surface area contributed by atoms with Crippen LogP contribution in [0.2, 0.25) is 0 Å². The number of anilines is 1. The molecule has 38 heavy (non-hydrogen) atoms. The normalized spacial score (nSPS) is 18.6. The fourth-order valence-corrected chi connectivity index (χ4v) is 7.65. The third kappa shape index (κ3) is 6.09. The molecule has 0 unspecified atom stereocenters. The summed E-state index contributed by atoms with van der Waals surface area (Å²) >= 11 is 0. The third-order valence-corrected chi connectivity index (χ3v) is 10.5. The Morgan fingerprint density at radius 1 is 0.842 bits per heavy atom. The lowest BCUT2D eigenvalue weighted by Crippen LogP contribution is -2.31. The first kappa shape index (κ1) is 27.8. The fraction of sp³-hybridized carbons (Fsp3) is 0.267. The van der Waals surface area contributed by atoms with Crippen molar-refractivity contribution < 1.29 is 16.8 Å². The van der Waals surface area contributed by atoms with E-state index in [1.54, 1.807) is 60.7 Å². The van der Waals surface area contributed by atoms with Gasteiger partial charge in [-0.15, -0.1) is 6.58 Å². The van der Waals surface area contributed by atoms with Crippen molar-refractivity contribution in [2.75, 3.05) is 23.9 Å². The van der Waals surface area contributed by atoms with E-state index >= 15 is 0 Å². The van der Waals surface area contributed by atoms with E-state index in [0.717, 1.165) is 11.1 Å². The summed E-state index contributed by atoms with van der Waals surface area (Å²) in [6, 6.07) is 22.7. The third-order valence-electron chi connectivity index (χ3n) is 6.89. The van der Waals surface area contributed by atoms with Gasteiger partial charge in [0.2, 0.25) is 10.0 Å². The minimum Gasteiger partial charge on any atom is -0.263 e. The summed E-state index contributed by atoms with van der Waals surface area (Å²) in [5.41, 5.74) is 2.55. The van der Waals surface area contributed by atoms with Crippen molar-refractivity contribution in [2.45, 2.75) is 30.1 Å². The fourth-order valence-electron chi connectivity index (χ4n) is 4.70. The highest BCUT2D eigenvalue weighted by atomic mass is 32.2. The molecule has 1 aliphatic rings. The lowest BCUT2D eigenvalue weighted by molar-refractivity contribution is 0.457. The van der Waals surface area contributed by atoms with Crippen molar-refractivity contribution >= 4 is 25.7 Å². The number of rotatable bonds is 10. The van der Waals surface area contributed by atoms with E-state index in [2.05, 4.69) is 6.58 Å². The lowest BCUT2D eigenvalue weighted by Gasteiger charge is -2.23. The van der Waals surface area contributed by atoms with Crippen molar-refractivity contribution in [2.24, 2.45) is 11.8 Å². The molecule has 200 valence electrons.